The number of aliphatic hydroxyl groups excluding tert-OH is 2. The molecule has 2 aromatic carbocycles. The summed E-state index contributed by atoms with van der Waals surface area (Å²) in [7, 11) is 3.15. The molecule has 1 fully saturated rings. The van der Waals surface area contributed by atoms with Crippen molar-refractivity contribution in [3.63, 3.8) is 0 Å². The largest absolute Gasteiger partial charge is 0.508 e. The van der Waals surface area contributed by atoms with Crippen LogP contribution < -0.4 is 11.1 Å². The summed E-state index contributed by atoms with van der Waals surface area (Å²) in [6, 6.07) is 10.2. The van der Waals surface area contributed by atoms with E-state index in [1.807, 2.05) is 31.2 Å². The Balaban J connectivity index is 1.56. The quantitative estimate of drug-likeness (QED) is 0.293. The predicted molar refractivity (Wildman–Crippen MR) is 146 cm³/mol. The highest BCUT2D eigenvalue weighted by atomic mass is 16.3. The molecular formula is C30H33N3O7. The average Bonchev–Trinajstić information content (AvgIpc) is 2.88. The second-order valence-corrected chi connectivity index (χ2v) is 11.1. The lowest BCUT2D eigenvalue weighted by atomic mass is 9.57. The van der Waals surface area contributed by atoms with Gasteiger partial charge in [0.2, 0.25) is 5.78 Å². The van der Waals surface area contributed by atoms with Crippen LogP contribution in [0.25, 0.3) is 5.76 Å². The zero-order valence-corrected chi connectivity index (χ0v) is 22.6. The highest BCUT2D eigenvalue weighted by Crippen LogP contribution is 2.52. The Bertz CT molecular complexity index is 1490. The molecule has 3 aliphatic carbocycles. The number of ketones is 2. The molecule has 0 aromatic heterocycles. The normalized spacial score (nSPS) is 26.1. The summed E-state index contributed by atoms with van der Waals surface area (Å²) in [5, 5.41) is 48.1. The molecule has 1 amide bonds. The molecule has 0 radical (unpaired) electrons. The van der Waals surface area contributed by atoms with Crippen LogP contribution in [-0.4, -0.2) is 68.5 Å². The van der Waals surface area contributed by atoms with Crippen LogP contribution in [0.4, 0.5) is 0 Å². The van der Waals surface area contributed by atoms with Crippen LogP contribution in [0.15, 0.2) is 53.3 Å². The van der Waals surface area contributed by atoms with Gasteiger partial charge < -0.3 is 31.5 Å². The molecule has 5 rings (SSSR count). The lowest BCUT2D eigenvalue weighted by Crippen LogP contribution is -2.65. The van der Waals surface area contributed by atoms with Gasteiger partial charge in [-0.15, -0.1) is 0 Å². The van der Waals surface area contributed by atoms with Gasteiger partial charge in [0.15, 0.2) is 11.4 Å². The SMILES string of the molecule is Cc1ccc(CNCc2ccc(O)c3c2CC2CC4C(N(C)C)C(=O)C(C(N)=O)=C(O)C4(O)C(=O)C2=C3O)cc1. The van der Waals surface area contributed by atoms with Gasteiger partial charge in [0.25, 0.3) is 5.91 Å². The van der Waals surface area contributed by atoms with Crippen molar-refractivity contribution < 1.29 is 34.8 Å². The number of rotatable bonds is 6. The van der Waals surface area contributed by atoms with E-state index in [1.165, 1.54) is 11.0 Å². The van der Waals surface area contributed by atoms with Gasteiger partial charge in [-0.2, -0.15) is 0 Å². The number of likely N-dealkylation sites (N-methyl/N-ethyl adjacent to an activating group) is 1. The van der Waals surface area contributed by atoms with Crippen molar-refractivity contribution in [1.29, 1.82) is 0 Å². The molecule has 210 valence electrons. The fourth-order valence-corrected chi connectivity index (χ4v) is 6.52. The number of primary amides is 1. The maximum Gasteiger partial charge on any atom is 0.255 e. The topological polar surface area (TPSA) is 173 Å². The maximum absolute atomic E-state index is 13.9. The average molecular weight is 548 g/mol. The molecule has 10 nitrogen and oxygen atoms in total. The van der Waals surface area contributed by atoms with E-state index < -0.39 is 58.0 Å². The Morgan fingerprint density at radius 1 is 1.07 bits per heavy atom. The number of aryl methyl sites for hydroxylation is 1. The van der Waals surface area contributed by atoms with Crippen LogP contribution in [0, 0.1) is 18.8 Å². The first-order valence-corrected chi connectivity index (χ1v) is 13.1. The second kappa shape index (κ2) is 9.88. The molecule has 1 saturated carbocycles. The van der Waals surface area contributed by atoms with E-state index in [0.717, 1.165) is 16.7 Å². The third kappa shape index (κ3) is 4.11. The third-order valence-corrected chi connectivity index (χ3v) is 8.47. The van der Waals surface area contributed by atoms with Crippen LogP contribution in [0.1, 0.15) is 34.2 Å². The number of hydrogen-bond acceptors (Lipinski definition) is 9. The van der Waals surface area contributed by atoms with Crippen molar-refractivity contribution >= 4 is 23.2 Å². The first-order valence-electron chi connectivity index (χ1n) is 13.1. The molecular weight excluding hydrogens is 514 g/mol. The van der Waals surface area contributed by atoms with E-state index in [1.54, 1.807) is 20.2 Å². The van der Waals surface area contributed by atoms with E-state index >= 15 is 0 Å². The Kier molecular flexibility index (Phi) is 6.81. The molecule has 0 aliphatic heterocycles. The van der Waals surface area contributed by atoms with Crippen LogP contribution in [0.5, 0.6) is 5.75 Å². The van der Waals surface area contributed by atoms with Crippen molar-refractivity contribution in [2.75, 3.05) is 14.1 Å². The molecule has 0 saturated heterocycles. The number of phenolic OH excluding ortho intramolecular Hbond substituents is 1. The Labute approximate surface area is 231 Å². The van der Waals surface area contributed by atoms with Gasteiger partial charge in [0, 0.05) is 24.6 Å². The van der Waals surface area contributed by atoms with Gasteiger partial charge in [-0.25, -0.2) is 0 Å². The minimum absolute atomic E-state index is 0.0532. The first-order chi connectivity index (χ1) is 18.9. The number of nitrogens with two attached hydrogens (primary N) is 1. The molecule has 0 spiro atoms. The lowest BCUT2D eigenvalue weighted by Gasteiger charge is -2.50. The second-order valence-electron chi connectivity index (χ2n) is 11.1. The Hall–Kier alpha value is -3.99. The fourth-order valence-electron chi connectivity index (χ4n) is 6.52. The number of carbonyl (C=O) groups is 3. The Morgan fingerprint density at radius 2 is 1.75 bits per heavy atom. The molecule has 2 aromatic rings. The monoisotopic (exact) mass is 547 g/mol. The van der Waals surface area contributed by atoms with Crippen LogP contribution in [0.3, 0.4) is 0 Å². The number of aliphatic hydroxyl groups is 3. The van der Waals surface area contributed by atoms with Crippen molar-refractivity contribution in [2.24, 2.45) is 17.6 Å². The summed E-state index contributed by atoms with van der Waals surface area (Å²) in [5.41, 5.74) is 5.55. The number of phenols is 1. The van der Waals surface area contributed by atoms with Crippen molar-refractivity contribution in [3.05, 3.63) is 81.1 Å². The smallest absolute Gasteiger partial charge is 0.255 e. The number of nitrogens with one attached hydrogen (secondary N) is 1. The highest BCUT2D eigenvalue weighted by molar-refractivity contribution is 6.24. The summed E-state index contributed by atoms with van der Waals surface area (Å²) >= 11 is 0. The number of carbonyl (C=O) groups excluding carboxylic acids is 3. The summed E-state index contributed by atoms with van der Waals surface area (Å²) in [5.74, 6) is -6.59. The molecule has 40 heavy (non-hydrogen) atoms. The summed E-state index contributed by atoms with van der Waals surface area (Å²) < 4.78 is 0. The summed E-state index contributed by atoms with van der Waals surface area (Å²) in [6.45, 7) is 3.04. The van der Waals surface area contributed by atoms with Gasteiger partial charge in [-0.05, 0) is 62.5 Å². The fraction of sp³-hybridized carbons (Fsp3) is 0.367. The van der Waals surface area contributed by atoms with Crippen LogP contribution >= 0.6 is 0 Å². The summed E-state index contributed by atoms with van der Waals surface area (Å²) in [6.07, 6.45) is 0.308. The zero-order valence-electron chi connectivity index (χ0n) is 22.6. The predicted octanol–water partition coefficient (Wildman–Crippen LogP) is 1.56. The number of aromatic hydroxyl groups is 1. The Morgan fingerprint density at radius 3 is 2.38 bits per heavy atom. The van der Waals surface area contributed by atoms with E-state index in [4.69, 9.17) is 5.73 Å². The van der Waals surface area contributed by atoms with Crippen molar-refractivity contribution in [1.82, 2.24) is 10.2 Å². The highest BCUT2D eigenvalue weighted by Gasteiger charge is 2.64. The van der Waals surface area contributed by atoms with Gasteiger partial charge in [0.05, 0.1) is 11.6 Å². The number of hydrogen-bond donors (Lipinski definition) is 6. The van der Waals surface area contributed by atoms with Gasteiger partial charge >= 0.3 is 0 Å². The molecule has 0 bridgehead atoms. The minimum Gasteiger partial charge on any atom is -0.508 e. The van der Waals surface area contributed by atoms with E-state index in [2.05, 4.69) is 5.32 Å². The van der Waals surface area contributed by atoms with Gasteiger partial charge in [-0.3, -0.25) is 19.3 Å². The lowest BCUT2D eigenvalue weighted by molar-refractivity contribution is -0.153. The number of fused-ring (bicyclic) bond motifs is 3. The van der Waals surface area contributed by atoms with Crippen LogP contribution in [-0.2, 0) is 33.9 Å². The number of benzene rings is 2. The van der Waals surface area contributed by atoms with E-state index in [0.29, 0.717) is 18.7 Å². The number of amides is 1. The molecule has 4 atom stereocenters. The molecule has 0 heterocycles. The molecule has 4 unspecified atom stereocenters. The van der Waals surface area contributed by atoms with Gasteiger partial charge in [0.1, 0.15) is 22.8 Å². The standard InChI is InChI=1S/C30H33N3O7/c1-14-4-6-15(7-5-14)12-32-13-16-8-9-20(34)22-18(16)10-17-11-19-24(33(2)3)26(36)23(29(31)39)28(38)30(19,40)27(37)21(17)25(22)35/h4-9,17,19,24,32,34-35,38,40H,10-13H2,1-3H3,(H2,31,39). The first kappa shape index (κ1) is 27.6. The molecule has 3 aliphatic rings. The number of nitrogens with zero attached hydrogens (tertiary/aromatic N) is 1. The zero-order chi connectivity index (χ0) is 29.1. The van der Waals surface area contributed by atoms with E-state index in [9.17, 15) is 34.8 Å². The third-order valence-electron chi connectivity index (χ3n) is 8.47. The van der Waals surface area contributed by atoms with Crippen molar-refractivity contribution in [2.45, 2.75) is 44.5 Å². The molecule has 7 N–H and O–H groups in total. The van der Waals surface area contributed by atoms with Crippen molar-refractivity contribution in [3.8, 4) is 5.75 Å². The maximum atomic E-state index is 13.9. The minimum atomic E-state index is -2.65. The number of Topliss-reactive ketones (excluding diaryl/α,β-unsaturated/α-hetero) is 2. The molecule has 10 heteroatoms. The van der Waals surface area contributed by atoms with E-state index in [-0.39, 0.29) is 29.7 Å². The van der Waals surface area contributed by atoms with Gasteiger partial charge in [-0.1, -0.05) is 35.9 Å². The summed E-state index contributed by atoms with van der Waals surface area (Å²) in [4.78, 5) is 40.7. The van der Waals surface area contributed by atoms with Crippen LogP contribution in [0.2, 0.25) is 0 Å².